The molecule has 5 heteroatoms. The van der Waals surface area contributed by atoms with E-state index in [9.17, 15) is 0 Å². The van der Waals surface area contributed by atoms with Crippen molar-refractivity contribution >= 4 is 21.8 Å². The van der Waals surface area contributed by atoms with Crippen molar-refractivity contribution in [3.63, 3.8) is 0 Å². The van der Waals surface area contributed by atoms with E-state index in [0.29, 0.717) is 11.8 Å². The Balaban J connectivity index is 1.37. The van der Waals surface area contributed by atoms with Crippen molar-refractivity contribution in [2.24, 2.45) is 5.92 Å². The highest BCUT2D eigenvalue weighted by Crippen LogP contribution is 2.47. The van der Waals surface area contributed by atoms with Gasteiger partial charge in [0.25, 0.3) is 0 Å². The van der Waals surface area contributed by atoms with Crippen LogP contribution in [0.25, 0.3) is 33.3 Å². The van der Waals surface area contributed by atoms with Crippen LogP contribution < -0.4 is 4.74 Å². The van der Waals surface area contributed by atoms with Crippen molar-refractivity contribution < 1.29 is 4.74 Å². The molecular weight excluding hydrogens is 601 g/mol. The Labute approximate surface area is 291 Å². The summed E-state index contributed by atoms with van der Waals surface area (Å²) in [5.74, 6) is 3.39. The van der Waals surface area contributed by atoms with Crippen molar-refractivity contribution in [1.29, 1.82) is 0 Å². The van der Waals surface area contributed by atoms with Gasteiger partial charge in [-0.25, -0.2) is 9.67 Å². The largest absolute Gasteiger partial charge is 0.457 e. The Hall–Kier alpha value is -4.64. The summed E-state index contributed by atoms with van der Waals surface area (Å²) in [5.41, 5.74) is 10.6. The van der Waals surface area contributed by atoms with Gasteiger partial charge in [-0.3, -0.25) is 4.57 Å². The third-order valence-corrected chi connectivity index (χ3v) is 10.1. The van der Waals surface area contributed by atoms with Gasteiger partial charge in [-0.1, -0.05) is 78.3 Å². The topological polar surface area (TPSA) is 44.9 Å². The summed E-state index contributed by atoms with van der Waals surface area (Å²) in [6.07, 6.45) is 6.68. The first-order valence-corrected chi connectivity index (χ1v) is 17.8. The minimum atomic E-state index is -0.129. The smallest absolute Gasteiger partial charge is 0.137 e. The monoisotopic (exact) mass is 650 g/mol. The molecule has 0 radical (unpaired) electrons. The fraction of sp³-hybridized carbons (Fsp3) is 0.364. The van der Waals surface area contributed by atoms with E-state index in [4.69, 9.17) is 14.8 Å². The molecule has 2 atom stereocenters. The minimum absolute atomic E-state index is 0.110. The molecule has 0 saturated carbocycles. The van der Waals surface area contributed by atoms with Crippen LogP contribution in [0.15, 0.2) is 90.6 Å². The number of hydrogen-bond acceptors (Lipinski definition) is 3. The third kappa shape index (κ3) is 5.98. The van der Waals surface area contributed by atoms with E-state index < -0.39 is 0 Å². The van der Waals surface area contributed by atoms with Crippen LogP contribution in [-0.2, 0) is 10.8 Å². The van der Waals surface area contributed by atoms with E-state index in [1.54, 1.807) is 0 Å². The maximum Gasteiger partial charge on any atom is 0.137 e. The maximum atomic E-state index is 6.74. The summed E-state index contributed by atoms with van der Waals surface area (Å²) in [5, 5.41) is 7.86. The molecule has 0 amide bonds. The van der Waals surface area contributed by atoms with Crippen molar-refractivity contribution in [2.75, 3.05) is 0 Å². The number of para-hydroxylation sites is 1. The second-order valence-electron chi connectivity index (χ2n) is 16.3. The SMILES string of the molecule is CC1=CCC[C@H](C)[C@@H]1c1c(C(C)(C)C)nn(-c2cc(C)cc(Oc3ccc4c5ccccc5n(-c5cc(C)ccn5)c4c3)c2)c1C(C)(C)C. The van der Waals surface area contributed by atoms with Crippen molar-refractivity contribution in [3.05, 3.63) is 119 Å². The number of nitrogens with zero attached hydrogens (tertiary/aromatic N) is 4. The Kier molecular flexibility index (Phi) is 8.09. The Morgan fingerprint density at radius 3 is 2.22 bits per heavy atom. The van der Waals surface area contributed by atoms with E-state index in [-0.39, 0.29) is 10.8 Å². The molecule has 1 aliphatic carbocycles. The highest BCUT2D eigenvalue weighted by molar-refractivity contribution is 6.09. The molecule has 1 aliphatic rings. The first-order chi connectivity index (χ1) is 23.2. The second kappa shape index (κ2) is 12.0. The molecule has 0 bridgehead atoms. The first kappa shape index (κ1) is 32.9. The Morgan fingerprint density at radius 1 is 0.755 bits per heavy atom. The number of ether oxygens (including phenoxy) is 1. The molecule has 0 saturated heterocycles. The van der Waals surface area contributed by atoms with Gasteiger partial charge in [0.1, 0.15) is 17.3 Å². The van der Waals surface area contributed by atoms with E-state index in [1.807, 2.05) is 12.3 Å². The lowest BCUT2D eigenvalue weighted by molar-refractivity contribution is 0.431. The fourth-order valence-electron chi connectivity index (χ4n) is 7.96. The number of benzene rings is 3. The Bertz CT molecular complexity index is 2230. The van der Waals surface area contributed by atoms with Crippen LogP contribution in [-0.4, -0.2) is 19.3 Å². The fourth-order valence-corrected chi connectivity index (χ4v) is 7.96. The van der Waals surface area contributed by atoms with Crippen molar-refractivity contribution in [2.45, 2.75) is 98.8 Å². The average Bonchev–Trinajstić information content (AvgIpc) is 3.58. The summed E-state index contributed by atoms with van der Waals surface area (Å²) in [4.78, 5) is 4.76. The van der Waals surface area contributed by atoms with Gasteiger partial charge >= 0.3 is 0 Å². The number of aryl methyl sites for hydroxylation is 2. The van der Waals surface area contributed by atoms with E-state index >= 15 is 0 Å². The van der Waals surface area contributed by atoms with Gasteiger partial charge in [0, 0.05) is 51.4 Å². The molecule has 7 rings (SSSR count). The predicted molar refractivity (Wildman–Crippen MR) is 204 cm³/mol. The lowest BCUT2D eigenvalue weighted by atomic mass is 9.70. The lowest BCUT2D eigenvalue weighted by Crippen LogP contribution is -2.25. The normalized spacial score (nSPS) is 17.1. The van der Waals surface area contributed by atoms with Crippen LogP contribution in [0.4, 0.5) is 0 Å². The molecule has 0 N–H and O–H groups in total. The number of hydrogen-bond donors (Lipinski definition) is 0. The lowest BCUT2D eigenvalue weighted by Gasteiger charge is -2.34. The number of aromatic nitrogens is 4. The molecule has 0 aliphatic heterocycles. The molecule has 0 unspecified atom stereocenters. The highest BCUT2D eigenvalue weighted by Gasteiger charge is 2.39. The zero-order chi connectivity index (χ0) is 34.8. The summed E-state index contributed by atoms with van der Waals surface area (Å²) in [6.45, 7) is 22.9. The molecule has 6 aromatic rings. The maximum absolute atomic E-state index is 6.74. The second-order valence-corrected chi connectivity index (χ2v) is 16.3. The molecule has 5 nitrogen and oxygen atoms in total. The standard InChI is InChI=1S/C44H50N4O/c1-27-20-21-45-38(24-27)47-36-17-12-11-16-34(36)35-19-18-32(26-37(35)47)49-33-23-28(2)22-31(25-33)48-42(44(8,9)10)40(41(46-48)43(5,6)7)39-29(3)14-13-15-30(39)4/h11-12,14,16-26,30,39H,13,15H2,1-10H3/t30-,39+/m0/s1. The van der Waals surface area contributed by atoms with Crippen molar-refractivity contribution in [3.8, 4) is 23.0 Å². The molecular formula is C44H50N4O. The average molecular weight is 651 g/mol. The van der Waals surface area contributed by atoms with Crippen LogP contribution in [0.1, 0.15) is 102 Å². The summed E-state index contributed by atoms with van der Waals surface area (Å²) < 4.78 is 11.2. The van der Waals surface area contributed by atoms with Crippen LogP contribution in [0.5, 0.6) is 11.5 Å². The summed E-state index contributed by atoms with van der Waals surface area (Å²) in [7, 11) is 0. The van der Waals surface area contributed by atoms with Crippen molar-refractivity contribution in [1.82, 2.24) is 19.3 Å². The van der Waals surface area contributed by atoms with E-state index in [1.165, 1.54) is 45.3 Å². The molecule has 0 fully saturated rings. The zero-order valence-corrected chi connectivity index (χ0v) is 30.8. The number of fused-ring (bicyclic) bond motifs is 3. The van der Waals surface area contributed by atoms with Crippen LogP contribution in [0.3, 0.4) is 0 Å². The number of rotatable bonds is 5. The zero-order valence-electron chi connectivity index (χ0n) is 30.8. The van der Waals surface area contributed by atoms with Gasteiger partial charge < -0.3 is 4.74 Å². The Morgan fingerprint density at radius 2 is 1.51 bits per heavy atom. The molecule has 252 valence electrons. The van der Waals surface area contributed by atoms with Gasteiger partial charge in [-0.2, -0.15) is 5.10 Å². The van der Waals surface area contributed by atoms with E-state index in [0.717, 1.165) is 46.0 Å². The molecule has 3 aromatic heterocycles. The molecule has 3 aromatic carbocycles. The van der Waals surface area contributed by atoms with Gasteiger partial charge in [0.2, 0.25) is 0 Å². The summed E-state index contributed by atoms with van der Waals surface area (Å²) in [6, 6.07) is 25.6. The number of allylic oxidation sites excluding steroid dienone is 2. The highest BCUT2D eigenvalue weighted by atomic mass is 16.5. The third-order valence-electron chi connectivity index (χ3n) is 10.1. The molecule has 49 heavy (non-hydrogen) atoms. The summed E-state index contributed by atoms with van der Waals surface area (Å²) >= 11 is 0. The van der Waals surface area contributed by atoms with Gasteiger partial charge in [-0.15, -0.1) is 0 Å². The first-order valence-electron chi connectivity index (χ1n) is 17.8. The van der Waals surface area contributed by atoms with E-state index in [2.05, 4.69) is 151 Å². The van der Waals surface area contributed by atoms with Crippen LogP contribution in [0, 0.1) is 19.8 Å². The van der Waals surface area contributed by atoms with Crippen LogP contribution >= 0.6 is 0 Å². The van der Waals surface area contributed by atoms with Crippen LogP contribution in [0.2, 0.25) is 0 Å². The molecule has 3 heterocycles. The quantitative estimate of drug-likeness (QED) is 0.174. The predicted octanol–water partition coefficient (Wildman–Crippen LogP) is 11.8. The van der Waals surface area contributed by atoms with Gasteiger partial charge in [0.15, 0.2) is 0 Å². The molecule has 0 spiro atoms. The van der Waals surface area contributed by atoms with Gasteiger partial charge in [-0.05, 0) is 93.1 Å². The number of pyridine rings is 1. The van der Waals surface area contributed by atoms with Gasteiger partial charge in [0.05, 0.1) is 28.1 Å². The minimum Gasteiger partial charge on any atom is -0.457 e.